The minimum atomic E-state index is 0.159. The molecule has 102 valence electrons. The van der Waals surface area contributed by atoms with Crippen LogP contribution in [0, 0.1) is 13.8 Å². The van der Waals surface area contributed by atoms with E-state index in [9.17, 15) is 0 Å². The first-order chi connectivity index (χ1) is 8.58. The smallest absolute Gasteiger partial charge is 0.134 e. The van der Waals surface area contributed by atoms with Crippen molar-refractivity contribution in [3.8, 4) is 0 Å². The van der Waals surface area contributed by atoms with Crippen LogP contribution in [0.25, 0.3) is 0 Å². The Kier molecular flexibility index (Phi) is 5.85. The zero-order valence-corrected chi connectivity index (χ0v) is 12.0. The molecule has 0 aliphatic carbocycles. The van der Waals surface area contributed by atoms with Gasteiger partial charge in [0, 0.05) is 25.8 Å². The van der Waals surface area contributed by atoms with Gasteiger partial charge in [-0.3, -0.25) is 0 Å². The summed E-state index contributed by atoms with van der Waals surface area (Å²) in [5.41, 5.74) is 1.05. The molecule has 1 aromatic rings. The number of nitrogens with one attached hydrogen (secondary N) is 2. The van der Waals surface area contributed by atoms with Crippen LogP contribution in [-0.4, -0.2) is 36.3 Å². The van der Waals surface area contributed by atoms with Crippen LogP contribution < -0.4 is 10.6 Å². The van der Waals surface area contributed by atoms with Gasteiger partial charge in [-0.2, -0.15) is 0 Å². The Hall–Kier alpha value is -1.36. The average Bonchev–Trinajstić information content (AvgIpc) is 2.37. The summed E-state index contributed by atoms with van der Waals surface area (Å²) >= 11 is 0. The van der Waals surface area contributed by atoms with Crippen molar-refractivity contribution in [2.24, 2.45) is 0 Å². The van der Waals surface area contributed by atoms with Crippen LogP contribution >= 0.6 is 0 Å². The van der Waals surface area contributed by atoms with Gasteiger partial charge in [0.15, 0.2) is 0 Å². The maximum atomic E-state index is 5.22. The van der Waals surface area contributed by atoms with Gasteiger partial charge in [-0.1, -0.05) is 6.92 Å². The molecule has 1 aromatic heterocycles. The highest BCUT2D eigenvalue weighted by molar-refractivity contribution is 5.57. The topological polar surface area (TPSA) is 59.1 Å². The molecule has 1 unspecified atom stereocenters. The van der Waals surface area contributed by atoms with Crippen molar-refractivity contribution >= 4 is 11.6 Å². The van der Waals surface area contributed by atoms with Crippen molar-refractivity contribution < 1.29 is 4.74 Å². The van der Waals surface area contributed by atoms with Crippen LogP contribution in [0.2, 0.25) is 0 Å². The van der Waals surface area contributed by atoms with Crippen LogP contribution in [0.5, 0.6) is 0 Å². The first kappa shape index (κ1) is 14.7. The molecule has 5 nitrogen and oxygen atoms in total. The second-order valence-corrected chi connectivity index (χ2v) is 4.45. The van der Waals surface area contributed by atoms with E-state index in [1.807, 2.05) is 20.8 Å². The molecule has 1 rings (SSSR count). The number of methoxy groups -OCH3 is 1. The molecule has 18 heavy (non-hydrogen) atoms. The van der Waals surface area contributed by atoms with E-state index in [0.29, 0.717) is 0 Å². The van der Waals surface area contributed by atoms with Gasteiger partial charge in [0.1, 0.15) is 17.5 Å². The number of anilines is 2. The molecule has 0 saturated heterocycles. The molecule has 0 aliphatic heterocycles. The summed E-state index contributed by atoms with van der Waals surface area (Å²) in [5, 5.41) is 6.63. The summed E-state index contributed by atoms with van der Waals surface area (Å²) in [5.74, 6) is 2.56. The Balaban J connectivity index is 2.80. The van der Waals surface area contributed by atoms with E-state index in [-0.39, 0.29) is 6.10 Å². The lowest BCUT2D eigenvalue weighted by atomic mass is 10.3. The van der Waals surface area contributed by atoms with Gasteiger partial charge in [0.25, 0.3) is 0 Å². The molecule has 0 amide bonds. The largest absolute Gasteiger partial charge is 0.380 e. The van der Waals surface area contributed by atoms with E-state index in [0.717, 1.165) is 42.5 Å². The number of aromatic nitrogens is 2. The van der Waals surface area contributed by atoms with E-state index >= 15 is 0 Å². The summed E-state index contributed by atoms with van der Waals surface area (Å²) in [7, 11) is 1.71. The van der Waals surface area contributed by atoms with E-state index in [1.165, 1.54) is 0 Å². The fourth-order valence-electron chi connectivity index (χ4n) is 1.54. The van der Waals surface area contributed by atoms with Crippen molar-refractivity contribution in [3.63, 3.8) is 0 Å². The van der Waals surface area contributed by atoms with Crippen molar-refractivity contribution in [2.75, 3.05) is 30.8 Å². The maximum absolute atomic E-state index is 5.22. The molecule has 5 heteroatoms. The van der Waals surface area contributed by atoms with E-state index in [2.05, 4.69) is 27.5 Å². The molecular weight excluding hydrogens is 228 g/mol. The predicted octanol–water partition coefficient (Wildman–Crippen LogP) is 2.36. The summed E-state index contributed by atoms with van der Waals surface area (Å²) in [6.07, 6.45) is 1.23. The number of aryl methyl sites for hydroxylation is 1. The number of hydrogen-bond donors (Lipinski definition) is 2. The lowest BCUT2D eigenvalue weighted by Crippen LogP contribution is -2.20. The highest BCUT2D eigenvalue weighted by atomic mass is 16.5. The Morgan fingerprint density at radius 2 is 1.78 bits per heavy atom. The lowest BCUT2D eigenvalue weighted by Gasteiger charge is -2.16. The van der Waals surface area contributed by atoms with Crippen LogP contribution in [0.4, 0.5) is 11.6 Å². The fraction of sp³-hybridized carbons (Fsp3) is 0.692. The molecular formula is C13H24N4O. The third-order valence-electron chi connectivity index (χ3n) is 2.76. The van der Waals surface area contributed by atoms with Crippen molar-refractivity contribution in [1.82, 2.24) is 9.97 Å². The number of rotatable bonds is 7. The molecule has 0 aliphatic rings. The lowest BCUT2D eigenvalue weighted by molar-refractivity contribution is 0.128. The van der Waals surface area contributed by atoms with Crippen LogP contribution in [0.3, 0.4) is 0 Å². The van der Waals surface area contributed by atoms with Crippen LogP contribution in [0.15, 0.2) is 0 Å². The van der Waals surface area contributed by atoms with E-state index < -0.39 is 0 Å². The van der Waals surface area contributed by atoms with Gasteiger partial charge in [0.2, 0.25) is 0 Å². The molecule has 0 saturated carbocycles. The van der Waals surface area contributed by atoms with Crippen molar-refractivity contribution in [1.29, 1.82) is 0 Å². The maximum Gasteiger partial charge on any atom is 0.134 e. The fourth-order valence-corrected chi connectivity index (χ4v) is 1.54. The van der Waals surface area contributed by atoms with Gasteiger partial charge in [-0.05, 0) is 27.2 Å². The van der Waals surface area contributed by atoms with Crippen LogP contribution in [0.1, 0.15) is 31.7 Å². The minimum Gasteiger partial charge on any atom is -0.380 e. The van der Waals surface area contributed by atoms with Gasteiger partial charge < -0.3 is 15.4 Å². The third kappa shape index (κ3) is 4.14. The Morgan fingerprint density at radius 3 is 2.33 bits per heavy atom. The zero-order chi connectivity index (χ0) is 13.5. The van der Waals surface area contributed by atoms with Gasteiger partial charge in [-0.25, -0.2) is 9.97 Å². The predicted molar refractivity (Wildman–Crippen MR) is 75.2 cm³/mol. The van der Waals surface area contributed by atoms with Gasteiger partial charge >= 0.3 is 0 Å². The molecule has 2 N–H and O–H groups in total. The highest BCUT2D eigenvalue weighted by Crippen LogP contribution is 2.19. The molecule has 0 radical (unpaired) electrons. The Labute approximate surface area is 109 Å². The third-order valence-corrected chi connectivity index (χ3v) is 2.76. The average molecular weight is 252 g/mol. The van der Waals surface area contributed by atoms with E-state index in [4.69, 9.17) is 4.74 Å². The standard InChI is InChI=1S/C13H24N4O/c1-6-7-14-12-10(3)13(17-11(4)16-12)15-8-9(2)18-5/h9H,6-8H2,1-5H3,(H2,14,15,16,17). The number of hydrogen-bond acceptors (Lipinski definition) is 5. The quantitative estimate of drug-likeness (QED) is 0.780. The van der Waals surface area contributed by atoms with Crippen LogP contribution in [-0.2, 0) is 4.74 Å². The van der Waals surface area contributed by atoms with Gasteiger partial charge in [0.05, 0.1) is 6.10 Å². The number of ether oxygens (including phenoxy) is 1. The summed E-state index contributed by atoms with van der Waals surface area (Å²) in [6.45, 7) is 9.74. The first-order valence-corrected chi connectivity index (χ1v) is 6.44. The Bertz CT molecular complexity index is 381. The second-order valence-electron chi connectivity index (χ2n) is 4.45. The molecule has 0 fully saturated rings. The first-order valence-electron chi connectivity index (χ1n) is 6.44. The second kappa shape index (κ2) is 7.16. The minimum absolute atomic E-state index is 0.159. The highest BCUT2D eigenvalue weighted by Gasteiger charge is 2.09. The molecule has 0 bridgehead atoms. The molecule has 1 atom stereocenters. The molecule has 0 spiro atoms. The SMILES string of the molecule is CCCNc1nc(C)nc(NCC(C)OC)c1C. The van der Waals surface area contributed by atoms with E-state index in [1.54, 1.807) is 7.11 Å². The summed E-state index contributed by atoms with van der Waals surface area (Å²) in [4.78, 5) is 8.85. The molecule has 1 heterocycles. The monoisotopic (exact) mass is 252 g/mol. The Morgan fingerprint density at radius 1 is 1.17 bits per heavy atom. The summed E-state index contributed by atoms with van der Waals surface area (Å²) in [6, 6.07) is 0. The summed E-state index contributed by atoms with van der Waals surface area (Å²) < 4.78 is 5.22. The van der Waals surface area contributed by atoms with Crippen molar-refractivity contribution in [3.05, 3.63) is 11.4 Å². The normalized spacial score (nSPS) is 12.3. The zero-order valence-electron chi connectivity index (χ0n) is 12.0. The van der Waals surface area contributed by atoms with Crippen molar-refractivity contribution in [2.45, 2.75) is 40.2 Å². The van der Waals surface area contributed by atoms with Gasteiger partial charge in [-0.15, -0.1) is 0 Å². The molecule has 0 aromatic carbocycles. The number of nitrogens with zero attached hydrogens (tertiary/aromatic N) is 2.